The monoisotopic (exact) mass is 350 g/mol. The molecule has 0 unspecified atom stereocenters. The van der Waals surface area contributed by atoms with E-state index >= 15 is 0 Å². The standard InChI is InChI=1S/C17H13ClF2N2O2/c18-11-3-1-2-4-13(11)21-15(23)17(7-8-17)16(24)22-14-6-5-10(19)9-12(14)20/h1-6,9H,7-8H2,(H,21,23)(H,22,24). The number of carbonyl (C=O) groups excluding carboxylic acids is 2. The normalized spacial score (nSPS) is 14.8. The number of benzene rings is 2. The quantitative estimate of drug-likeness (QED) is 0.819. The smallest absolute Gasteiger partial charge is 0.240 e. The Balaban J connectivity index is 1.74. The Morgan fingerprint density at radius 1 is 0.958 bits per heavy atom. The highest BCUT2D eigenvalue weighted by Crippen LogP contribution is 2.47. The summed E-state index contributed by atoms with van der Waals surface area (Å²) in [5.74, 6) is -2.78. The van der Waals surface area contributed by atoms with Crippen LogP contribution in [0.3, 0.4) is 0 Å². The lowest BCUT2D eigenvalue weighted by molar-refractivity contribution is -0.131. The van der Waals surface area contributed by atoms with Gasteiger partial charge in [0.25, 0.3) is 0 Å². The van der Waals surface area contributed by atoms with Gasteiger partial charge in [0.05, 0.1) is 16.4 Å². The molecule has 0 heterocycles. The Bertz CT molecular complexity index is 822. The minimum absolute atomic E-state index is 0.168. The Labute approximate surface area is 141 Å². The maximum Gasteiger partial charge on any atom is 0.240 e. The summed E-state index contributed by atoms with van der Waals surface area (Å²) >= 11 is 5.98. The first-order valence-electron chi connectivity index (χ1n) is 7.25. The van der Waals surface area contributed by atoms with E-state index in [1.54, 1.807) is 24.3 Å². The van der Waals surface area contributed by atoms with Crippen molar-refractivity contribution in [2.45, 2.75) is 12.8 Å². The van der Waals surface area contributed by atoms with E-state index in [0.717, 1.165) is 12.1 Å². The Morgan fingerprint density at radius 2 is 1.58 bits per heavy atom. The molecule has 1 saturated carbocycles. The molecule has 0 aromatic heterocycles. The molecule has 24 heavy (non-hydrogen) atoms. The van der Waals surface area contributed by atoms with Crippen molar-refractivity contribution in [3.63, 3.8) is 0 Å². The maximum atomic E-state index is 13.6. The number of hydrogen-bond acceptors (Lipinski definition) is 2. The lowest BCUT2D eigenvalue weighted by Gasteiger charge is -2.16. The van der Waals surface area contributed by atoms with E-state index in [9.17, 15) is 18.4 Å². The molecule has 3 rings (SSSR count). The summed E-state index contributed by atoms with van der Waals surface area (Å²) < 4.78 is 26.6. The molecule has 4 nitrogen and oxygen atoms in total. The fourth-order valence-electron chi connectivity index (χ4n) is 2.32. The van der Waals surface area contributed by atoms with E-state index in [1.807, 2.05) is 0 Å². The number of rotatable bonds is 4. The molecule has 7 heteroatoms. The summed E-state index contributed by atoms with van der Waals surface area (Å²) in [4.78, 5) is 24.8. The third-order valence-corrected chi connectivity index (χ3v) is 4.25. The topological polar surface area (TPSA) is 58.2 Å². The van der Waals surface area contributed by atoms with Crippen molar-refractivity contribution < 1.29 is 18.4 Å². The first kappa shape index (κ1) is 16.4. The number of amides is 2. The first-order valence-corrected chi connectivity index (χ1v) is 7.63. The molecule has 2 aromatic carbocycles. The fraction of sp³-hybridized carbons (Fsp3) is 0.176. The van der Waals surface area contributed by atoms with Crippen molar-refractivity contribution in [2.24, 2.45) is 5.41 Å². The molecule has 0 bridgehead atoms. The van der Waals surface area contributed by atoms with Crippen molar-refractivity contribution >= 4 is 34.8 Å². The molecule has 124 valence electrons. The van der Waals surface area contributed by atoms with Gasteiger partial charge in [0.2, 0.25) is 11.8 Å². The van der Waals surface area contributed by atoms with E-state index in [-0.39, 0.29) is 5.69 Å². The van der Waals surface area contributed by atoms with Gasteiger partial charge in [-0.3, -0.25) is 9.59 Å². The van der Waals surface area contributed by atoms with Crippen LogP contribution >= 0.6 is 11.6 Å². The minimum Gasteiger partial charge on any atom is -0.324 e. The molecule has 1 aliphatic rings. The van der Waals surface area contributed by atoms with Gasteiger partial charge in [0.1, 0.15) is 17.0 Å². The van der Waals surface area contributed by atoms with Crippen LogP contribution in [0, 0.1) is 17.0 Å². The molecule has 0 radical (unpaired) electrons. The minimum atomic E-state index is -1.26. The molecule has 2 amide bonds. The molecule has 0 spiro atoms. The lowest BCUT2D eigenvalue weighted by Crippen LogP contribution is -2.35. The van der Waals surface area contributed by atoms with E-state index < -0.39 is 28.9 Å². The summed E-state index contributed by atoms with van der Waals surface area (Å²) in [6, 6.07) is 9.47. The van der Waals surface area contributed by atoms with Gasteiger partial charge >= 0.3 is 0 Å². The predicted octanol–water partition coefficient (Wildman–Crippen LogP) is 3.98. The third kappa shape index (κ3) is 3.10. The van der Waals surface area contributed by atoms with Crippen molar-refractivity contribution in [1.29, 1.82) is 0 Å². The zero-order valence-electron chi connectivity index (χ0n) is 12.4. The average molecular weight is 351 g/mol. The molecular weight excluding hydrogens is 338 g/mol. The van der Waals surface area contributed by atoms with E-state index in [2.05, 4.69) is 10.6 Å². The summed E-state index contributed by atoms with van der Waals surface area (Å²) in [6.07, 6.45) is 0.690. The Hall–Kier alpha value is -2.47. The van der Waals surface area contributed by atoms with Gasteiger partial charge in [-0.2, -0.15) is 0 Å². The second-order valence-electron chi connectivity index (χ2n) is 5.59. The van der Waals surface area contributed by atoms with E-state index in [4.69, 9.17) is 11.6 Å². The SMILES string of the molecule is O=C(Nc1ccc(F)cc1F)C1(C(=O)Nc2ccccc2Cl)CC1. The van der Waals surface area contributed by atoms with Crippen molar-refractivity contribution in [3.8, 4) is 0 Å². The summed E-state index contributed by atoms with van der Waals surface area (Å²) in [5.41, 5.74) is -1.03. The molecule has 2 aromatic rings. The van der Waals surface area contributed by atoms with Gasteiger partial charge in [-0.05, 0) is 37.1 Å². The van der Waals surface area contributed by atoms with Crippen LogP contribution < -0.4 is 10.6 Å². The largest absolute Gasteiger partial charge is 0.324 e. The summed E-state index contributed by atoms with van der Waals surface area (Å²) in [5, 5.41) is 5.32. The maximum absolute atomic E-state index is 13.6. The zero-order chi connectivity index (χ0) is 17.3. The van der Waals surface area contributed by atoms with Crippen LogP contribution in [0.5, 0.6) is 0 Å². The first-order chi connectivity index (χ1) is 11.4. The van der Waals surface area contributed by atoms with Gasteiger partial charge in [0, 0.05) is 6.07 Å². The van der Waals surface area contributed by atoms with Gasteiger partial charge in [0.15, 0.2) is 0 Å². The lowest BCUT2D eigenvalue weighted by atomic mass is 10.0. The second kappa shape index (κ2) is 6.20. The predicted molar refractivity (Wildman–Crippen MR) is 86.7 cm³/mol. The molecule has 2 N–H and O–H groups in total. The number of hydrogen-bond donors (Lipinski definition) is 2. The fourth-order valence-corrected chi connectivity index (χ4v) is 2.50. The van der Waals surface area contributed by atoms with Crippen LogP contribution in [0.15, 0.2) is 42.5 Å². The van der Waals surface area contributed by atoms with Crippen LogP contribution in [0.25, 0.3) is 0 Å². The summed E-state index contributed by atoms with van der Waals surface area (Å²) in [6.45, 7) is 0. The number of para-hydroxylation sites is 1. The van der Waals surface area contributed by atoms with Gasteiger partial charge in [-0.15, -0.1) is 0 Å². The van der Waals surface area contributed by atoms with Gasteiger partial charge < -0.3 is 10.6 Å². The van der Waals surface area contributed by atoms with Crippen molar-refractivity contribution in [2.75, 3.05) is 10.6 Å². The van der Waals surface area contributed by atoms with Crippen LogP contribution in [-0.4, -0.2) is 11.8 Å². The molecule has 0 atom stereocenters. The van der Waals surface area contributed by atoms with Crippen molar-refractivity contribution in [1.82, 2.24) is 0 Å². The molecule has 0 aliphatic heterocycles. The highest BCUT2D eigenvalue weighted by atomic mass is 35.5. The highest BCUT2D eigenvalue weighted by molar-refractivity contribution is 6.34. The van der Waals surface area contributed by atoms with Crippen LogP contribution in [-0.2, 0) is 9.59 Å². The summed E-state index contributed by atoms with van der Waals surface area (Å²) in [7, 11) is 0. The number of halogens is 3. The van der Waals surface area contributed by atoms with Crippen LogP contribution in [0.1, 0.15) is 12.8 Å². The Morgan fingerprint density at radius 3 is 2.17 bits per heavy atom. The molecule has 0 saturated heterocycles. The second-order valence-corrected chi connectivity index (χ2v) is 6.00. The van der Waals surface area contributed by atoms with Crippen LogP contribution in [0.2, 0.25) is 5.02 Å². The molecule has 1 fully saturated rings. The van der Waals surface area contributed by atoms with E-state index in [0.29, 0.717) is 29.6 Å². The molecule has 1 aliphatic carbocycles. The highest BCUT2D eigenvalue weighted by Gasteiger charge is 2.56. The number of nitrogens with one attached hydrogen (secondary N) is 2. The van der Waals surface area contributed by atoms with Gasteiger partial charge in [-0.1, -0.05) is 23.7 Å². The zero-order valence-corrected chi connectivity index (χ0v) is 13.2. The van der Waals surface area contributed by atoms with Crippen LogP contribution in [0.4, 0.5) is 20.2 Å². The number of anilines is 2. The van der Waals surface area contributed by atoms with E-state index in [1.165, 1.54) is 0 Å². The third-order valence-electron chi connectivity index (χ3n) is 3.92. The number of carbonyl (C=O) groups is 2. The van der Waals surface area contributed by atoms with Gasteiger partial charge in [-0.25, -0.2) is 8.78 Å². The van der Waals surface area contributed by atoms with Crippen molar-refractivity contribution in [3.05, 3.63) is 59.1 Å². The molecular formula is C17H13ClF2N2O2. The average Bonchev–Trinajstić information content (AvgIpc) is 3.34. The Kier molecular flexibility index (Phi) is 4.24.